The highest BCUT2D eigenvalue weighted by Gasteiger charge is 2.05. The highest BCUT2D eigenvalue weighted by molar-refractivity contribution is 6.32. The van der Waals surface area contributed by atoms with Gasteiger partial charge in [-0.15, -0.1) is 0 Å². The first-order valence-electron chi connectivity index (χ1n) is 6.02. The summed E-state index contributed by atoms with van der Waals surface area (Å²) in [6.07, 6.45) is 0.583. The first-order valence-corrected chi connectivity index (χ1v) is 6.39. The summed E-state index contributed by atoms with van der Waals surface area (Å²) in [6, 6.07) is 11.6. The molecule has 0 fully saturated rings. The summed E-state index contributed by atoms with van der Waals surface area (Å²) >= 11 is 5.94. The number of phenolic OH excluding ortho intramolecular Hbond substituents is 1. The van der Waals surface area contributed by atoms with Crippen LogP contribution in [-0.4, -0.2) is 16.2 Å². The van der Waals surface area contributed by atoms with Crippen LogP contribution in [0.15, 0.2) is 42.5 Å². The molecule has 0 amide bonds. The SMILES string of the molecule is O=C(O)CCc1ccc(Oc2ccc(O)cc2Cl)cc1. The molecule has 0 atom stereocenters. The Morgan fingerprint density at radius 1 is 1.15 bits per heavy atom. The van der Waals surface area contributed by atoms with Crippen molar-refractivity contribution in [3.63, 3.8) is 0 Å². The van der Waals surface area contributed by atoms with Gasteiger partial charge >= 0.3 is 5.97 Å². The van der Waals surface area contributed by atoms with Crippen molar-refractivity contribution < 1.29 is 19.7 Å². The van der Waals surface area contributed by atoms with E-state index in [0.717, 1.165) is 5.56 Å². The van der Waals surface area contributed by atoms with Crippen LogP contribution in [0.4, 0.5) is 0 Å². The number of phenols is 1. The second kappa shape index (κ2) is 6.30. The van der Waals surface area contributed by atoms with Gasteiger partial charge in [0.15, 0.2) is 0 Å². The largest absolute Gasteiger partial charge is 0.508 e. The molecular formula is C15H13ClO4. The number of rotatable bonds is 5. The molecule has 0 aliphatic heterocycles. The van der Waals surface area contributed by atoms with E-state index in [2.05, 4.69) is 0 Å². The fraction of sp³-hybridized carbons (Fsp3) is 0.133. The number of benzene rings is 2. The molecule has 20 heavy (non-hydrogen) atoms. The Labute approximate surface area is 121 Å². The van der Waals surface area contributed by atoms with Gasteiger partial charge < -0.3 is 14.9 Å². The molecule has 2 aromatic carbocycles. The van der Waals surface area contributed by atoms with Crippen molar-refractivity contribution in [3.8, 4) is 17.2 Å². The van der Waals surface area contributed by atoms with Crippen LogP contribution in [0, 0.1) is 0 Å². The molecule has 2 aromatic rings. The number of aliphatic carboxylic acids is 1. The number of aryl methyl sites for hydroxylation is 1. The Morgan fingerprint density at radius 2 is 1.85 bits per heavy atom. The molecule has 2 rings (SSSR count). The van der Waals surface area contributed by atoms with E-state index in [-0.39, 0.29) is 12.2 Å². The van der Waals surface area contributed by atoms with Crippen molar-refractivity contribution in [1.82, 2.24) is 0 Å². The monoisotopic (exact) mass is 292 g/mol. The van der Waals surface area contributed by atoms with Gasteiger partial charge in [0, 0.05) is 12.5 Å². The van der Waals surface area contributed by atoms with Crippen LogP contribution in [0.3, 0.4) is 0 Å². The van der Waals surface area contributed by atoms with Crippen LogP contribution in [0.2, 0.25) is 5.02 Å². The zero-order valence-electron chi connectivity index (χ0n) is 10.5. The van der Waals surface area contributed by atoms with Crippen molar-refractivity contribution in [2.45, 2.75) is 12.8 Å². The van der Waals surface area contributed by atoms with Crippen LogP contribution in [0.5, 0.6) is 17.2 Å². The predicted molar refractivity (Wildman–Crippen MR) is 75.6 cm³/mol. The third kappa shape index (κ3) is 3.90. The lowest BCUT2D eigenvalue weighted by Crippen LogP contribution is -1.97. The van der Waals surface area contributed by atoms with Gasteiger partial charge in [0.05, 0.1) is 5.02 Å². The number of carboxylic acid groups (broad SMARTS) is 1. The second-order valence-electron chi connectivity index (χ2n) is 4.25. The highest BCUT2D eigenvalue weighted by atomic mass is 35.5. The van der Waals surface area contributed by atoms with Crippen LogP contribution in [0.1, 0.15) is 12.0 Å². The third-order valence-electron chi connectivity index (χ3n) is 2.69. The van der Waals surface area contributed by atoms with Crippen molar-refractivity contribution in [3.05, 3.63) is 53.1 Å². The number of hydrogen-bond donors (Lipinski definition) is 2. The molecule has 104 valence electrons. The normalized spacial score (nSPS) is 10.2. The van der Waals surface area contributed by atoms with Crippen molar-refractivity contribution in [2.24, 2.45) is 0 Å². The number of carboxylic acids is 1. The van der Waals surface area contributed by atoms with Gasteiger partial charge in [-0.3, -0.25) is 4.79 Å². The minimum absolute atomic E-state index is 0.0753. The molecule has 0 heterocycles. The summed E-state index contributed by atoms with van der Waals surface area (Å²) < 4.78 is 5.59. The average Bonchev–Trinajstić information content (AvgIpc) is 2.41. The van der Waals surface area contributed by atoms with E-state index in [0.29, 0.717) is 22.9 Å². The smallest absolute Gasteiger partial charge is 0.303 e. The summed E-state index contributed by atoms with van der Waals surface area (Å²) in [5.41, 5.74) is 0.927. The maximum atomic E-state index is 10.5. The van der Waals surface area contributed by atoms with Gasteiger partial charge in [-0.2, -0.15) is 0 Å². The Morgan fingerprint density at radius 3 is 2.45 bits per heavy atom. The van der Waals surface area contributed by atoms with Crippen LogP contribution < -0.4 is 4.74 Å². The molecule has 0 saturated heterocycles. The van der Waals surface area contributed by atoms with Crippen LogP contribution in [-0.2, 0) is 11.2 Å². The maximum Gasteiger partial charge on any atom is 0.303 e. The summed E-state index contributed by atoms with van der Waals surface area (Å²) in [6.45, 7) is 0. The molecule has 0 bridgehead atoms. The van der Waals surface area contributed by atoms with Gasteiger partial charge in [-0.25, -0.2) is 0 Å². The molecule has 0 aliphatic carbocycles. The highest BCUT2D eigenvalue weighted by Crippen LogP contribution is 2.32. The molecule has 0 aromatic heterocycles. The van der Waals surface area contributed by atoms with Crippen LogP contribution >= 0.6 is 11.6 Å². The van der Waals surface area contributed by atoms with Gasteiger partial charge in [-0.1, -0.05) is 23.7 Å². The first kappa shape index (κ1) is 14.2. The van der Waals surface area contributed by atoms with Crippen LogP contribution in [0.25, 0.3) is 0 Å². The number of ether oxygens (including phenoxy) is 1. The molecule has 0 aliphatic rings. The summed E-state index contributed by atoms with van der Waals surface area (Å²) in [5.74, 6) is 0.298. The second-order valence-corrected chi connectivity index (χ2v) is 4.66. The zero-order chi connectivity index (χ0) is 14.5. The number of carbonyl (C=O) groups is 1. The molecular weight excluding hydrogens is 280 g/mol. The number of halogens is 1. The topological polar surface area (TPSA) is 66.8 Å². The standard InChI is InChI=1S/C15H13ClO4/c16-13-9-11(17)4-7-14(13)20-12-5-1-10(2-6-12)3-8-15(18)19/h1-2,4-7,9,17H,3,8H2,(H,18,19). The zero-order valence-corrected chi connectivity index (χ0v) is 11.3. The van der Waals surface area contributed by atoms with Crippen molar-refractivity contribution in [2.75, 3.05) is 0 Å². The number of aromatic hydroxyl groups is 1. The summed E-state index contributed by atoms with van der Waals surface area (Å²) in [4.78, 5) is 10.5. The van der Waals surface area contributed by atoms with E-state index in [1.54, 1.807) is 18.2 Å². The minimum Gasteiger partial charge on any atom is -0.508 e. The quantitative estimate of drug-likeness (QED) is 0.878. The van der Waals surface area contributed by atoms with Crippen molar-refractivity contribution in [1.29, 1.82) is 0 Å². The predicted octanol–water partition coefficient (Wildman–Crippen LogP) is 3.86. The van der Waals surface area contributed by atoms with Gasteiger partial charge in [0.25, 0.3) is 0 Å². The summed E-state index contributed by atoms with van der Waals surface area (Å²) in [5, 5.41) is 18.2. The maximum absolute atomic E-state index is 10.5. The van der Waals surface area contributed by atoms with E-state index in [1.807, 2.05) is 12.1 Å². The lowest BCUT2D eigenvalue weighted by atomic mass is 10.1. The van der Waals surface area contributed by atoms with Gasteiger partial charge in [0.2, 0.25) is 0 Å². The molecule has 0 spiro atoms. The summed E-state index contributed by atoms with van der Waals surface area (Å²) in [7, 11) is 0. The van der Waals surface area contributed by atoms with Gasteiger partial charge in [-0.05, 0) is 36.2 Å². The fourth-order valence-corrected chi connectivity index (χ4v) is 1.89. The van der Waals surface area contributed by atoms with E-state index in [1.165, 1.54) is 12.1 Å². The molecule has 2 N–H and O–H groups in total. The van der Waals surface area contributed by atoms with E-state index >= 15 is 0 Å². The molecule has 4 nitrogen and oxygen atoms in total. The van der Waals surface area contributed by atoms with Crippen molar-refractivity contribution >= 4 is 17.6 Å². The lowest BCUT2D eigenvalue weighted by Gasteiger charge is -2.08. The third-order valence-corrected chi connectivity index (χ3v) is 2.99. The molecule has 0 radical (unpaired) electrons. The first-order chi connectivity index (χ1) is 9.54. The van der Waals surface area contributed by atoms with Gasteiger partial charge in [0.1, 0.15) is 17.2 Å². The average molecular weight is 293 g/mol. The van der Waals surface area contributed by atoms with E-state index < -0.39 is 5.97 Å². The Kier molecular flexibility index (Phi) is 4.48. The Balaban J connectivity index is 2.05. The lowest BCUT2D eigenvalue weighted by molar-refractivity contribution is -0.136. The molecule has 0 unspecified atom stereocenters. The minimum atomic E-state index is -0.818. The molecule has 0 saturated carbocycles. The Hall–Kier alpha value is -2.20. The van der Waals surface area contributed by atoms with E-state index in [9.17, 15) is 9.90 Å². The number of hydrogen-bond acceptors (Lipinski definition) is 3. The molecule has 5 heteroatoms. The fourth-order valence-electron chi connectivity index (χ4n) is 1.67. The Bertz CT molecular complexity index is 608. The van der Waals surface area contributed by atoms with E-state index in [4.69, 9.17) is 21.4 Å².